The smallest absolute Gasteiger partial charge is 0.121 e. The molecule has 3 aromatic rings. The molecule has 3 nitrogen and oxygen atoms in total. The molecule has 1 aromatic heterocycles. The van der Waals surface area contributed by atoms with Gasteiger partial charge in [-0.15, -0.1) is 0 Å². The Balaban J connectivity index is 1.92. The molecule has 0 bridgehead atoms. The molecule has 108 valence electrons. The van der Waals surface area contributed by atoms with Gasteiger partial charge in [-0.1, -0.05) is 29.8 Å². The molecule has 0 spiro atoms. The van der Waals surface area contributed by atoms with E-state index in [4.69, 9.17) is 22.1 Å². The van der Waals surface area contributed by atoms with Crippen molar-refractivity contribution < 1.29 is 4.74 Å². The summed E-state index contributed by atoms with van der Waals surface area (Å²) in [5.74, 6) is 0.767. The van der Waals surface area contributed by atoms with Crippen molar-refractivity contribution in [1.82, 2.24) is 4.57 Å². The Morgan fingerprint density at radius 3 is 2.76 bits per heavy atom. The quantitative estimate of drug-likeness (QED) is 0.722. The van der Waals surface area contributed by atoms with Gasteiger partial charge in [-0.05, 0) is 31.2 Å². The van der Waals surface area contributed by atoms with Crippen molar-refractivity contribution in [3.63, 3.8) is 0 Å². The van der Waals surface area contributed by atoms with Crippen LogP contribution < -0.4 is 10.5 Å². The third-order valence-electron chi connectivity index (χ3n) is 3.54. The molecule has 0 aliphatic rings. The van der Waals surface area contributed by atoms with Crippen LogP contribution in [0.2, 0.25) is 5.02 Å². The number of nitrogen functional groups attached to an aromatic ring is 1. The second-order valence-electron chi connectivity index (χ2n) is 4.93. The van der Waals surface area contributed by atoms with Gasteiger partial charge in [0.1, 0.15) is 12.4 Å². The van der Waals surface area contributed by atoms with E-state index >= 15 is 0 Å². The molecule has 4 heteroatoms. The molecule has 1 heterocycles. The van der Waals surface area contributed by atoms with Crippen LogP contribution in [0.25, 0.3) is 10.9 Å². The number of aromatic nitrogens is 1. The lowest BCUT2D eigenvalue weighted by Gasteiger charge is -2.05. The van der Waals surface area contributed by atoms with Crippen LogP contribution in [0.15, 0.2) is 48.7 Å². The van der Waals surface area contributed by atoms with Gasteiger partial charge in [0.05, 0.1) is 11.2 Å². The van der Waals surface area contributed by atoms with Crippen LogP contribution in [-0.4, -0.2) is 4.57 Å². The van der Waals surface area contributed by atoms with Crippen molar-refractivity contribution in [2.45, 2.75) is 20.1 Å². The molecular formula is C17H17ClN2O. The van der Waals surface area contributed by atoms with Crippen molar-refractivity contribution in [3.8, 4) is 5.75 Å². The Labute approximate surface area is 128 Å². The molecule has 3 rings (SSSR count). The molecular weight excluding hydrogens is 284 g/mol. The maximum absolute atomic E-state index is 6.09. The SMILES string of the molecule is CCn1cc(COc2cccc(Cl)c2)c2cccc(N)c21. The Hall–Kier alpha value is -2.13. The number of benzene rings is 2. The topological polar surface area (TPSA) is 40.2 Å². The molecule has 0 saturated carbocycles. The fourth-order valence-electron chi connectivity index (χ4n) is 2.55. The highest BCUT2D eigenvalue weighted by atomic mass is 35.5. The Morgan fingerprint density at radius 2 is 2.00 bits per heavy atom. The van der Waals surface area contributed by atoms with Gasteiger partial charge < -0.3 is 15.0 Å². The van der Waals surface area contributed by atoms with Gasteiger partial charge >= 0.3 is 0 Å². The predicted octanol–water partition coefficient (Wildman–Crippen LogP) is 4.48. The number of aryl methyl sites for hydroxylation is 1. The number of hydrogen-bond acceptors (Lipinski definition) is 2. The van der Waals surface area contributed by atoms with Crippen LogP contribution in [0.4, 0.5) is 5.69 Å². The highest BCUT2D eigenvalue weighted by molar-refractivity contribution is 6.30. The molecule has 0 amide bonds. The first-order valence-electron chi connectivity index (χ1n) is 6.93. The molecule has 0 aliphatic heterocycles. The summed E-state index contributed by atoms with van der Waals surface area (Å²) in [4.78, 5) is 0. The normalized spacial score (nSPS) is 11.0. The summed E-state index contributed by atoms with van der Waals surface area (Å²) in [5, 5.41) is 1.81. The molecule has 0 fully saturated rings. The van der Waals surface area contributed by atoms with Crippen molar-refractivity contribution >= 4 is 28.2 Å². The summed E-state index contributed by atoms with van der Waals surface area (Å²) in [6.07, 6.45) is 2.10. The fourth-order valence-corrected chi connectivity index (χ4v) is 2.73. The van der Waals surface area contributed by atoms with Crippen LogP contribution in [-0.2, 0) is 13.2 Å². The van der Waals surface area contributed by atoms with Crippen molar-refractivity contribution in [1.29, 1.82) is 0 Å². The first-order valence-corrected chi connectivity index (χ1v) is 7.31. The van der Waals surface area contributed by atoms with E-state index in [-0.39, 0.29) is 0 Å². The maximum Gasteiger partial charge on any atom is 0.121 e. The summed E-state index contributed by atoms with van der Waals surface area (Å²) >= 11 is 5.97. The Kier molecular flexibility index (Phi) is 3.76. The van der Waals surface area contributed by atoms with Crippen LogP contribution in [0.3, 0.4) is 0 Å². The zero-order valence-corrected chi connectivity index (χ0v) is 12.6. The minimum Gasteiger partial charge on any atom is -0.489 e. The van der Waals surface area contributed by atoms with Gasteiger partial charge in [-0.25, -0.2) is 0 Å². The number of anilines is 1. The Bertz CT molecular complexity index is 780. The van der Waals surface area contributed by atoms with Gasteiger partial charge in [0.15, 0.2) is 0 Å². The lowest BCUT2D eigenvalue weighted by Crippen LogP contribution is -1.95. The van der Waals surface area contributed by atoms with Gasteiger partial charge in [0, 0.05) is 28.7 Å². The molecule has 0 atom stereocenters. The number of para-hydroxylation sites is 1. The number of fused-ring (bicyclic) bond motifs is 1. The monoisotopic (exact) mass is 300 g/mol. The van der Waals surface area contributed by atoms with E-state index in [1.165, 1.54) is 0 Å². The molecule has 0 radical (unpaired) electrons. The van der Waals surface area contributed by atoms with E-state index in [2.05, 4.69) is 23.8 Å². The summed E-state index contributed by atoms with van der Waals surface area (Å²) in [6, 6.07) is 13.4. The lowest BCUT2D eigenvalue weighted by molar-refractivity contribution is 0.307. The minimum absolute atomic E-state index is 0.493. The average molecular weight is 301 g/mol. The van der Waals surface area contributed by atoms with Crippen LogP contribution in [0.5, 0.6) is 5.75 Å². The second-order valence-corrected chi connectivity index (χ2v) is 5.37. The van der Waals surface area contributed by atoms with Gasteiger partial charge in [-0.3, -0.25) is 0 Å². The number of nitrogens with two attached hydrogens (primary N) is 1. The van der Waals surface area contributed by atoms with Gasteiger partial charge in [-0.2, -0.15) is 0 Å². The molecule has 21 heavy (non-hydrogen) atoms. The largest absolute Gasteiger partial charge is 0.489 e. The third kappa shape index (κ3) is 2.69. The molecule has 0 aliphatic carbocycles. The van der Waals surface area contributed by atoms with E-state index in [0.717, 1.165) is 34.4 Å². The van der Waals surface area contributed by atoms with Gasteiger partial charge in [0.25, 0.3) is 0 Å². The summed E-state index contributed by atoms with van der Waals surface area (Å²) in [6.45, 7) is 3.47. The van der Waals surface area contributed by atoms with Crippen molar-refractivity contribution in [2.75, 3.05) is 5.73 Å². The van der Waals surface area contributed by atoms with E-state index in [0.29, 0.717) is 11.6 Å². The first kappa shape index (κ1) is 13.8. The summed E-state index contributed by atoms with van der Waals surface area (Å²) in [5.41, 5.74) is 9.09. The second kappa shape index (κ2) is 5.70. The predicted molar refractivity (Wildman–Crippen MR) is 87.8 cm³/mol. The van der Waals surface area contributed by atoms with E-state index in [1.807, 2.05) is 36.4 Å². The molecule has 0 unspecified atom stereocenters. The van der Waals surface area contributed by atoms with Crippen LogP contribution in [0.1, 0.15) is 12.5 Å². The molecule has 2 N–H and O–H groups in total. The zero-order chi connectivity index (χ0) is 14.8. The highest BCUT2D eigenvalue weighted by Gasteiger charge is 2.10. The number of nitrogens with zero attached hydrogens (tertiary/aromatic N) is 1. The maximum atomic E-state index is 6.09. The van der Waals surface area contributed by atoms with Crippen LogP contribution >= 0.6 is 11.6 Å². The first-order chi connectivity index (χ1) is 10.2. The standard InChI is InChI=1S/C17H17ClN2O/c1-2-20-10-12(15-7-4-8-16(19)17(15)20)11-21-14-6-3-5-13(18)9-14/h3-10H,2,11,19H2,1H3. The number of ether oxygens (including phenoxy) is 1. The number of halogens is 1. The number of hydrogen-bond donors (Lipinski definition) is 1. The zero-order valence-electron chi connectivity index (χ0n) is 11.8. The van der Waals surface area contributed by atoms with E-state index < -0.39 is 0 Å². The van der Waals surface area contributed by atoms with Crippen molar-refractivity contribution in [2.24, 2.45) is 0 Å². The third-order valence-corrected chi connectivity index (χ3v) is 3.78. The fraction of sp³-hybridized carbons (Fsp3) is 0.176. The van der Waals surface area contributed by atoms with E-state index in [1.54, 1.807) is 0 Å². The van der Waals surface area contributed by atoms with Crippen LogP contribution in [0, 0.1) is 0 Å². The van der Waals surface area contributed by atoms with E-state index in [9.17, 15) is 0 Å². The molecule has 2 aromatic carbocycles. The lowest BCUT2D eigenvalue weighted by atomic mass is 10.1. The average Bonchev–Trinajstić information content (AvgIpc) is 2.85. The molecule has 0 saturated heterocycles. The summed E-state index contributed by atoms with van der Waals surface area (Å²) in [7, 11) is 0. The minimum atomic E-state index is 0.493. The van der Waals surface area contributed by atoms with Crippen molar-refractivity contribution in [3.05, 3.63) is 59.2 Å². The Morgan fingerprint density at radius 1 is 1.19 bits per heavy atom. The summed E-state index contributed by atoms with van der Waals surface area (Å²) < 4.78 is 7.99. The van der Waals surface area contributed by atoms with Gasteiger partial charge in [0.2, 0.25) is 0 Å². The highest BCUT2D eigenvalue weighted by Crippen LogP contribution is 2.27. The number of rotatable bonds is 4.